The molecule has 2 aromatic heterocycles. The largest absolute Gasteiger partial charge is 0.493 e. The van der Waals surface area contributed by atoms with Gasteiger partial charge in [0, 0.05) is 41.9 Å². The van der Waals surface area contributed by atoms with E-state index in [0.717, 1.165) is 61.9 Å². The lowest BCUT2D eigenvalue weighted by Gasteiger charge is -2.35. The summed E-state index contributed by atoms with van der Waals surface area (Å²) in [5.41, 5.74) is 6.00. The minimum atomic E-state index is -0.876. The summed E-state index contributed by atoms with van der Waals surface area (Å²) in [6.07, 6.45) is 2.58. The van der Waals surface area contributed by atoms with Crippen molar-refractivity contribution in [1.82, 2.24) is 30.5 Å². The Balaban J connectivity index is 0.963. The van der Waals surface area contributed by atoms with Crippen LogP contribution in [0.1, 0.15) is 94.9 Å². The fraction of sp³-hybridized carbons (Fsp3) is 0.447. The molecule has 4 atom stereocenters. The van der Waals surface area contributed by atoms with Crippen molar-refractivity contribution in [2.24, 2.45) is 5.41 Å². The summed E-state index contributed by atoms with van der Waals surface area (Å²) in [5.74, 6) is 1.58. The minimum Gasteiger partial charge on any atom is -0.493 e. The third kappa shape index (κ3) is 11.9. The van der Waals surface area contributed by atoms with Crippen LogP contribution in [0.2, 0.25) is 0 Å². The van der Waals surface area contributed by atoms with Crippen LogP contribution in [0.5, 0.6) is 11.5 Å². The predicted octanol–water partition coefficient (Wildman–Crippen LogP) is 8.45. The first kappa shape index (κ1) is 46.4. The number of fused-ring (bicyclic) bond motifs is 1. The quantitative estimate of drug-likeness (QED) is 0.0626. The SMILES string of the molecule is COc1cc2c(N[C@H](C)c3cccc(Br)c3)nc(C)nc2cc1OCCCCCCC(=O)N[C@H](C(=O)N1C[C@H](O)C[C@H]1C(=O)NCc1ccc(-c2scnc2C)cc1)C(C)(C)C. The highest BCUT2D eigenvalue weighted by atomic mass is 79.9. The Labute approximate surface area is 376 Å². The number of nitrogens with zero attached hydrogens (tertiary/aromatic N) is 4. The Morgan fingerprint density at radius 2 is 1.76 bits per heavy atom. The highest BCUT2D eigenvalue weighted by Crippen LogP contribution is 2.36. The molecule has 3 aromatic carbocycles. The van der Waals surface area contributed by atoms with Crippen molar-refractivity contribution in [3.63, 3.8) is 0 Å². The van der Waals surface area contributed by atoms with Crippen molar-refractivity contribution in [3.8, 4) is 21.9 Å². The van der Waals surface area contributed by atoms with Crippen LogP contribution in [0.3, 0.4) is 0 Å². The van der Waals surface area contributed by atoms with Gasteiger partial charge in [0.25, 0.3) is 0 Å². The number of ether oxygens (including phenoxy) is 2. The molecule has 15 heteroatoms. The van der Waals surface area contributed by atoms with E-state index in [9.17, 15) is 19.5 Å². The zero-order valence-electron chi connectivity index (χ0n) is 36.6. The number of halogens is 1. The second-order valence-corrected chi connectivity index (χ2v) is 18.8. The van der Waals surface area contributed by atoms with Crippen LogP contribution in [0.25, 0.3) is 21.3 Å². The number of anilines is 1. The molecular formula is C47H58BrN7O6S. The number of aliphatic hydroxyl groups is 1. The van der Waals surface area contributed by atoms with E-state index in [4.69, 9.17) is 14.5 Å². The second-order valence-electron chi connectivity index (χ2n) is 17.0. The number of aryl methyl sites for hydroxylation is 2. The Morgan fingerprint density at radius 3 is 2.45 bits per heavy atom. The Hall–Kier alpha value is -5.12. The van der Waals surface area contributed by atoms with E-state index in [1.807, 2.05) is 88.7 Å². The fourth-order valence-electron chi connectivity index (χ4n) is 7.64. The number of likely N-dealkylation sites (tertiary alicyclic amines) is 1. The first-order valence-electron chi connectivity index (χ1n) is 21.2. The molecule has 4 N–H and O–H groups in total. The molecule has 0 bridgehead atoms. The maximum atomic E-state index is 14.0. The van der Waals surface area contributed by atoms with E-state index in [1.165, 1.54) is 4.90 Å². The molecule has 3 amide bonds. The summed E-state index contributed by atoms with van der Waals surface area (Å²) in [4.78, 5) is 57.0. The number of carbonyl (C=O) groups is 3. The first-order valence-corrected chi connectivity index (χ1v) is 22.8. The van der Waals surface area contributed by atoms with E-state index >= 15 is 0 Å². The van der Waals surface area contributed by atoms with Gasteiger partial charge < -0.3 is 35.4 Å². The molecule has 3 heterocycles. The van der Waals surface area contributed by atoms with Crippen LogP contribution < -0.4 is 25.4 Å². The van der Waals surface area contributed by atoms with Gasteiger partial charge in [-0.25, -0.2) is 15.0 Å². The molecule has 13 nitrogen and oxygen atoms in total. The number of carbonyl (C=O) groups excluding carboxylic acids is 3. The van der Waals surface area contributed by atoms with Gasteiger partial charge in [-0.15, -0.1) is 11.3 Å². The summed E-state index contributed by atoms with van der Waals surface area (Å²) in [5, 5.41) is 20.9. The molecule has 62 heavy (non-hydrogen) atoms. The van der Waals surface area contributed by atoms with Crippen molar-refractivity contribution >= 4 is 61.7 Å². The van der Waals surface area contributed by atoms with Crippen LogP contribution in [0.4, 0.5) is 5.82 Å². The Kier molecular flexibility index (Phi) is 15.6. The van der Waals surface area contributed by atoms with Gasteiger partial charge in [-0.2, -0.15) is 0 Å². The monoisotopic (exact) mass is 927 g/mol. The molecule has 0 aliphatic carbocycles. The lowest BCUT2D eigenvalue weighted by molar-refractivity contribution is -0.144. The smallest absolute Gasteiger partial charge is 0.246 e. The molecule has 0 unspecified atom stereocenters. The third-order valence-electron chi connectivity index (χ3n) is 11.1. The van der Waals surface area contributed by atoms with Gasteiger partial charge in [0.05, 0.1) is 47.5 Å². The Morgan fingerprint density at radius 1 is 1.00 bits per heavy atom. The molecule has 1 saturated heterocycles. The molecule has 330 valence electrons. The predicted molar refractivity (Wildman–Crippen MR) is 247 cm³/mol. The van der Waals surface area contributed by atoms with Gasteiger partial charge in [-0.05, 0) is 73.9 Å². The summed E-state index contributed by atoms with van der Waals surface area (Å²) in [6.45, 7) is 12.3. The Bertz CT molecular complexity index is 2350. The fourth-order valence-corrected chi connectivity index (χ4v) is 8.86. The van der Waals surface area contributed by atoms with Gasteiger partial charge in [0.1, 0.15) is 23.7 Å². The van der Waals surface area contributed by atoms with E-state index < -0.39 is 23.6 Å². The zero-order valence-corrected chi connectivity index (χ0v) is 39.0. The lowest BCUT2D eigenvalue weighted by Crippen LogP contribution is -2.57. The topological polar surface area (TPSA) is 168 Å². The van der Waals surface area contributed by atoms with Gasteiger partial charge in [-0.3, -0.25) is 14.4 Å². The maximum absolute atomic E-state index is 14.0. The van der Waals surface area contributed by atoms with E-state index in [-0.39, 0.29) is 49.7 Å². The number of aromatic nitrogens is 3. The van der Waals surface area contributed by atoms with Crippen LogP contribution in [0.15, 0.2) is 70.6 Å². The van der Waals surface area contributed by atoms with Crippen LogP contribution >= 0.6 is 27.3 Å². The van der Waals surface area contributed by atoms with Crippen molar-refractivity contribution in [1.29, 1.82) is 0 Å². The summed E-state index contributed by atoms with van der Waals surface area (Å²) >= 11 is 5.14. The van der Waals surface area contributed by atoms with Gasteiger partial charge in [-0.1, -0.05) is 85.9 Å². The third-order valence-corrected chi connectivity index (χ3v) is 12.5. The number of benzene rings is 3. The number of hydrogen-bond donors (Lipinski definition) is 4. The summed E-state index contributed by atoms with van der Waals surface area (Å²) < 4.78 is 12.9. The number of amides is 3. The summed E-state index contributed by atoms with van der Waals surface area (Å²) in [6, 6.07) is 18.2. The molecule has 0 spiro atoms. The van der Waals surface area contributed by atoms with E-state index in [1.54, 1.807) is 18.4 Å². The summed E-state index contributed by atoms with van der Waals surface area (Å²) in [7, 11) is 1.61. The zero-order chi connectivity index (χ0) is 44.6. The highest BCUT2D eigenvalue weighted by Gasteiger charge is 2.44. The van der Waals surface area contributed by atoms with Crippen molar-refractivity contribution in [2.45, 2.75) is 111 Å². The van der Waals surface area contributed by atoms with Crippen molar-refractivity contribution in [3.05, 3.63) is 93.3 Å². The molecule has 1 aliphatic heterocycles. The molecule has 1 fully saturated rings. The molecule has 5 aromatic rings. The van der Waals surface area contributed by atoms with Gasteiger partial charge >= 0.3 is 0 Å². The van der Waals surface area contributed by atoms with Crippen LogP contribution in [-0.2, 0) is 20.9 Å². The molecular weight excluding hydrogens is 871 g/mol. The van der Waals surface area contributed by atoms with Gasteiger partial charge in [0.2, 0.25) is 17.7 Å². The average molecular weight is 929 g/mol. The lowest BCUT2D eigenvalue weighted by atomic mass is 9.85. The van der Waals surface area contributed by atoms with E-state index in [0.29, 0.717) is 36.2 Å². The number of β-amino-alcohol motifs (C(OH)–C–C–N with tert-alkyl or cyclic N) is 1. The highest BCUT2D eigenvalue weighted by molar-refractivity contribution is 9.10. The van der Waals surface area contributed by atoms with Crippen molar-refractivity contribution in [2.75, 3.05) is 25.6 Å². The van der Waals surface area contributed by atoms with Crippen LogP contribution in [-0.4, -0.2) is 81.1 Å². The second kappa shape index (κ2) is 20.8. The number of unbranched alkanes of at least 4 members (excludes halogenated alkanes) is 3. The number of hydrogen-bond acceptors (Lipinski definition) is 11. The minimum absolute atomic E-state index is 0.00121. The van der Waals surface area contributed by atoms with E-state index in [2.05, 4.69) is 60.9 Å². The van der Waals surface area contributed by atoms with Crippen LogP contribution in [0, 0.1) is 19.3 Å². The first-order chi connectivity index (χ1) is 29.6. The number of rotatable bonds is 18. The standard InChI is InChI=1S/C47H58BrN7O6S/c1-28(33-13-12-14-34(48)21-33)51-44-36-23-39(60-7)40(24-37(36)52-30(3)53-44)61-20-11-9-8-10-15-41(57)54-43(47(4,5)6)46(59)55-26-35(56)22-38(55)45(58)49-25-31-16-18-32(19-17-31)42-29(2)50-27-62-42/h12-14,16-19,21,23-24,27-28,35,38,43,56H,8-11,15,20,22,25-26H2,1-7H3,(H,49,58)(H,54,57)(H,51,52,53)/t28-,35-,38+,43-/m1/s1. The molecule has 1 aliphatic rings. The molecule has 0 saturated carbocycles. The average Bonchev–Trinajstić information content (AvgIpc) is 3.85. The number of thiazole rings is 1. The number of aliphatic hydroxyl groups excluding tert-OH is 1. The van der Waals surface area contributed by atoms with Crippen molar-refractivity contribution < 1.29 is 29.0 Å². The normalized spacial score (nSPS) is 16.2. The molecule has 0 radical (unpaired) electrons. The number of nitrogens with one attached hydrogen (secondary N) is 3. The van der Waals surface area contributed by atoms with Gasteiger partial charge in [0.15, 0.2) is 11.5 Å². The number of methoxy groups -OCH3 is 1. The maximum Gasteiger partial charge on any atom is 0.246 e. The molecule has 6 rings (SSSR count).